The van der Waals surface area contributed by atoms with Crippen LogP contribution in [0.2, 0.25) is 0 Å². The third-order valence-electron chi connectivity index (χ3n) is 4.91. The summed E-state index contributed by atoms with van der Waals surface area (Å²) in [6.07, 6.45) is 0. The van der Waals surface area contributed by atoms with Crippen molar-refractivity contribution in [3.8, 4) is 0 Å². The molecule has 3 rings (SSSR count). The van der Waals surface area contributed by atoms with Crippen molar-refractivity contribution >= 4 is 35.6 Å². The second-order valence-corrected chi connectivity index (χ2v) is 7.37. The molecule has 2 aromatic rings. The summed E-state index contributed by atoms with van der Waals surface area (Å²) >= 11 is 0. The van der Waals surface area contributed by atoms with Gasteiger partial charge in [-0.15, -0.1) is 24.0 Å². The largest absolute Gasteiger partial charge is 0.370 e. The van der Waals surface area contributed by atoms with Crippen LogP contribution in [0.3, 0.4) is 0 Å². The van der Waals surface area contributed by atoms with Crippen LogP contribution in [0, 0.1) is 13.8 Å². The lowest BCUT2D eigenvalue weighted by Gasteiger charge is -2.34. The topological polar surface area (TPSA) is 56.9 Å². The number of hydrogen-bond donors (Lipinski definition) is 2. The van der Waals surface area contributed by atoms with Gasteiger partial charge in [-0.2, -0.15) is 0 Å². The van der Waals surface area contributed by atoms with E-state index in [1.165, 1.54) is 16.7 Å². The van der Waals surface area contributed by atoms with Crippen LogP contribution < -0.4 is 11.1 Å². The molecule has 0 unspecified atom stereocenters. The van der Waals surface area contributed by atoms with Gasteiger partial charge in [0.25, 0.3) is 0 Å². The molecule has 0 spiro atoms. The Bertz CT molecular complexity index is 735. The number of rotatable bonds is 6. The van der Waals surface area contributed by atoms with Gasteiger partial charge >= 0.3 is 0 Å². The molecule has 0 saturated carbocycles. The Hall–Kier alpha value is -1.64. The molecule has 6 heteroatoms. The molecule has 1 aliphatic rings. The zero-order valence-corrected chi connectivity index (χ0v) is 19.2. The molecule has 0 amide bonds. The van der Waals surface area contributed by atoms with Crippen LogP contribution in [0.5, 0.6) is 0 Å². The Morgan fingerprint density at radius 2 is 1.57 bits per heavy atom. The number of hydrogen-bond acceptors (Lipinski definition) is 3. The maximum Gasteiger partial charge on any atom is 0.193 e. The fraction of sp³-hybridized carbons (Fsp3) is 0.409. The molecule has 1 saturated heterocycles. The minimum absolute atomic E-state index is 0. The maximum absolute atomic E-state index is 6.04. The summed E-state index contributed by atoms with van der Waals surface area (Å²) < 4.78 is 0. The van der Waals surface area contributed by atoms with Crippen molar-refractivity contribution in [2.45, 2.75) is 20.4 Å². The van der Waals surface area contributed by atoms with Gasteiger partial charge in [-0.3, -0.25) is 14.8 Å². The highest BCUT2D eigenvalue weighted by Gasteiger charge is 2.16. The first kappa shape index (κ1) is 22.6. The van der Waals surface area contributed by atoms with Crippen molar-refractivity contribution in [2.75, 3.05) is 44.6 Å². The van der Waals surface area contributed by atoms with Crippen LogP contribution in [0.15, 0.2) is 53.5 Å². The summed E-state index contributed by atoms with van der Waals surface area (Å²) in [6, 6.07) is 17.0. The SMILES string of the molecule is Cc1cc(C)cc(NC(N)=NCCN2CCN(Cc3ccccc3)CC2)c1.I. The maximum atomic E-state index is 6.04. The predicted molar refractivity (Wildman–Crippen MR) is 130 cm³/mol. The minimum Gasteiger partial charge on any atom is -0.370 e. The van der Waals surface area contributed by atoms with Gasteiger partial charge in [0.15, 0.2) is 5.96 Å². The Labute approximate surface area is 186 Å². The van der Waals surface area contributed by atoms with E-state index in [4.69, 9.17) is 5.73 Å². The van der Waals surface area contributed by atoms with Gasteiger partial charge in [-0.1, -0.05) is 36.4 Å². The summed E-state index contributed by atoms with van der Waals surface area (Å²) in [5, 5.41) is 3.20. The number of benzene rings is 2. The van der Waals surface area contributed by atoms with E-state index in [9.17, 15) is 0 Å². The van der Waals surface area contributed by atoms with Gasteiger partial charge in [-0.05, 0) is 42.7 Å². The summed E-state index contributed by atoms with van der Waals surface area (Å²) in [4.78, 5) is 9.47. The highest BCUT2D eigenvalue weighted by atomic mass is 127. The Kier molecular flexibility index (Phi) is 9.21. The Balaban J connectivity index is 0.00000280. The summed E-state index contributed by atoms with van der Waals surface area (Å²) in [7, 11) is 0. The Morgan fingerprint density at radius 3 is 2.21 bits per heavy atom. The van der Waals surface area contributed by atoms with E-state index < -0.39 is 0 Å². The average Bonchev–Trinajstić information content (AvgIpc) is 2.63. The standard InChI is InChI=1S/C22H31N5.HI/c1-18-14-19(2)16-21(15-18)25-22(23)24-8-9-26-10-12-27(13-11-26)17-20-6-4-3-5-7-20;/h3-7,14-16H,8-13,17H2,1-2H3,(H3,23,24,25);1H. The number of nitrogens with one attached hydrogen (secondary N) is 1. The minimum atomic E-state index is 0. The van der Waals surface area contributed by atoms with E-state index in [1.54, 1.807) is 0 Å². The van der Waals surface area contributed by atoms with Crippen molar-refractivity contribution in [3.63, 3.8) is 0 Å². The highest BCUT2D eigenvalue weighted by molar-refractivity contribution is 14.0. The van der Waals surface area contributed by atoms with Crippen molar-refractivity contribution in [3.05, 3.63) is 65.2 Å². The number of piperazine rings is 1. The monoisotopic (exact) mass is 493 g/mol. The van der Waals surface area contributed by atoms with Crippen molar-refractivity contribution in [1.29, 1.82) is 0 Å². The summed E-state index contributed by atoms with van der Waals surface area (Å²) in [5.74, 6) is 0.489. The lowest BCUT2D eigenvalue weighted by Crippen LogP contribution is -2.46. The smallest absolute Gasteiger partial charge is 0.193 e. The number of aryl methyl sites for hydroxylation is 2. The zero-order chi connectivity index (χ0) is 19.1. The van der Waals surface area contributed by atoms with E-state index in [1.807, 2.05) is 0 Å². The quantitative estimate of drug-likeness (QED) is 0.368. The van der Waals surface area contributed by atoms with E-state index in [2.05, 4.69) is 82.5 Å². The van der Waals surface area contributed by atoms with Gasteiger partial charge in [0.2, 0.25) is 0 Å². The molecule has 0 bridgehead atoms. The number of guanidine groups is 1. The molecule has 28 heavy (non-hydrogen) atoms. The number of aliphatic imine (C=N–C) groups is 1. The molecule has 0 radical (unpaired) electrons. The van der Waals surface area contributed by atoms with Gasteiger partial charge in [0, 0.05) is 45.0 Å². The molecule has 3 N–H and O–H groups in total. The van der Waals surface area contributed by atoms with Crippen LogP contribution in [0.25, 0.3) is 0 Å². The van der Waals surface area contributed by atoms with E-state index in [-0.39, 0.29) is 24.0 Å². The normalized spacial score (nSPS) is 15.9. The van der Waals surface area contributed by atoms with Crippen LogP contribution >= 0.6 is 24.0 Å². The summed E-state index contributed by atoms with van der Waals surface area (Å²) in [5.41, 5.74) is 10.9. The van der Waals surface area contributed by atoms with Crippen LogP contribution in [-0.2, 0) is 6.54 Å². The van der Waals surface area contributed by atoms with Gasteiger partial charge in [0.05, 0.1) is 6.54 Å². The fourth-order valence-electron chi connectivity index (χ4n) is 3.56. The second-order valence-electron chi connectivity index (χ2n) is 7.37. The zero-order valence-electron chi connectivity index (χ0n) is 16.9. The van der Waals surface area contributed by atoms with E-state index in [0.717, 1.165) is 51.5 Å². The molecule has 1 heterocycles. The first-order chi connectivity index (χ1) is 13.1. The van der Waals surface area contributed by atoms with Gasteiger partial charge in [-0.25, -0.2) is 0 Å². The van der Waals surface area contributed by atoms with E-state index in [0.29, 0.717) is 5.96 Å². The highest BCUT2D eigenvalue weighted by Crippen LogP contribution is 2.13. The third-order valence-corrected chi connectivity index (χ3v) is 4.91. The van der Waals surface area contributed by atoms with Crippen molar-refractivity contribution in [1.82, 2.24) is 9.80 Å². The summed E-state index contributed by atoms with van der Waals surface area (Å²) in [6.45, 7) is 11.3. The third kappa shape index (κ3) is 7.41. The lowest BCUT2D eigenvalue weighted by molar-refractivity contribution is 0.130. The first-order valence-corrected chi connectivity index (χ1v) is 9.72. The fourth-order valence-corrected chi connectivity index (χ4v) is 3.56. The molecule has 1 aliphatic heterocycles. The van der Waals surface area contributed by atoms with Crippen molar-refractivity contribution in [2.24, 2.45) is 10.7 Å². The van der Waals surface area contributed by atoms with E-state index >= 15 is 0 Å². The Morgan fingerprint density at radius 1 is 0.964 bits per heavy atom. The van der Waals surface area contributed by atoms with Gasteiger partial charge in [0.1, 0.15) is 0 Å². The molecule has 1 fully saturated rings. The molecule has 5 nitrogen and oxygen atoms in total. The number of halogens is 1. The van der Waals surface area contributed by atoms with Gasteiger partial charge < -0.3 is 11.1 Å². The second kappa shape index (κ2) is 11.4. The molecule has 0 aromatic heterocycles. The van der Waals surface area contributed by atoms with Crippen LogP contribution in [0.1, 0.15) is 16.7 Å². The van der Waals surface area contributed by atoms with Crippen LogP contribution in [0.4, 0.5) is 5.69 Å². The number of nitrogens with zero attached hydrogens (tertiary/aromatic N) is 3. The molecule has 0 aliphatic carbocycles. The number of nitrogens with two attached hydrogens (primary N) is 1. The lowest BCUT2D eigenvalue weighted by atomic mass is 10.1. The van der Waals surface area contributed by atoms with Crippen molar-refractivity contribution < 1.29 is 0 Å². The first-order valence-electron chi connectivity index (χ1n) is 9.72. The molecular weight excluding hydrogens is 461 g/mol. The molecule has 152 valence electrons. The predicted octanol–water partition coefficient (Wildman–Crippen LogP) is 3.47. The average molecular weight is 493 g/mol. The molecular formula is C22H32IN5. The van der Waals surface area contributed by atoms with Crippen LogP contribution in [-0.4, -0.2) is 55.0 Å². The number of anilines is 1. The molecule has 2 aromatic carbocycles. The molecule has 0 atom stereocenters.